The highest BCUT2D eigenvalue weighted by atomic mass is 16.2. The van der Waals surface area contributed by atoms with Crippen molar-refractivity contribution in [3.63, 3.8) is 0 Å². The van der Waals surface area contributed by atoms with Gasteiger partial charge in [-0.2, -0.15) is 0 Å². The van der Waals surface area contributed by atoms with Crippen molar-refractivity contribution >= 4 is 23.2 Å². The summed E-state index contributed by atoms with van der Waals surface area (Å²) in [5, 5.41) is 2.99. The Hall–Kier alpha value is -2.82. The molecule has 2 amide bonds. The van der Waals surface area contributed by atoms with Crippen LogP contribution in [0.5, 0.6) is 0 Å². The first-order chi connectivity index (χ1) is 14.7. The first-order valence-corrected chi connectivity index (χ1v) is 11.2. The molecular formula is C25H33N3O2. The molecule has 1 aliphatic heterocycles. The van der Waals surface area contributed by atoms with Crippen molar-refractivity contribution in [3.8, 4) is 0 Å². The second-order valence-corrected chi connectivity index (χ2v) is 7.90. The monoisotopic (exact) mass is 407 g/mol. The predicted molar refractivity (Wildman–Crippen MR) is 123 cm³/mol. The van der Waals surface area contributed by atoms with E-state index in [2.05, 4.69) is 17.1 Å². The third kappa shape index (κ3) is 6.34. The molecule has 0 aliphatic carbocycles. The zero-order chi connectivity index (χ0) is 21.2. The Morgan fingerprint density at radius 2 is 1.50 bits per heavy atom. The molecular weight excluding hydrogens is 374 g/mol. The number of hydrogen-bond acceptors (Lipinski definition) is 3. The van der Waals surface area contributed by atoms with E-state index in [0.717, 1.165) is 42.9 Å². The van der Waals surface area contributed by atoms with Gasteiger partial charge in [0, 0.05) is 49.5 Å². The number of anilines is 2. The molecule has 0 atom stereocenters. The molecule has 3 rings (SSSR count). The lowest BCUT2D eigenvalue weighted by Crippen LogP contribution is -2.48. The van der Waals surface area contributed by atoms with E-state index in [0.29, 0.717) is 19.5 Å². The smallest absolute Gasteiger partial charge is 0.253 e. The quantitative estimate of drug-likeness (QED) is 0.599. The Kier molecular flexibility index (Phi) is 8.30. The van der Waals surface area contributed by atoms with Gasteiger partial charge in [-0.1, -0.05) is 50.8 Å². The van der Waals surface area contributed by atoms with Gasteiger partial charge >= 0.3 is 0 Å². The van der Waals surface area contributed by atoms with Gasteiger partial charge in [0.25, 0.3) is 5.91 Å². The molecule has 0 spiro atoms. The lowest BCUT2D eigenvalue weighted by molar-refractivity contribution is -0.116. The van der Waals surface area contributed by atoms with E-state index in [-0.39, 0.29) is 11.8 Å². The number of rotatable bonds is 9. The van der Waals surface area contributed by atoms with Crippen molar-refractivity contribution in [2.45, 2.75) is 45.4 Å². The molecule has 0 radical (unpaired) electrons. The number of carbonyl (C=O) groups is 2. The van der Waals surface area contributed by atoms with E-state index in [1.165, 1.54) is 19.3 Å². The van der Waals surface area contributed by atoms with Crippen LogP contribution >= 0.6 is 0 Å². The van der Waals surface area contributed by atoms with E-state index in [1.54, 1.807) is 0 Å². The average molecular weight is 408 g/mol. The minimum Gasteiger partial charge on any atom is -0.368 e. The van der Waals surface area contributed by atoms with Gasteiger partial charge < -0.3 is 15.1 Å². The van der Waals surface area contributed by atoms with Crippen molar-refractivity contribution in [2.75, 3.05) is 36.4 Å². The normalized spacial score (nSPS) is 13.9. The number of amides is 2. The van der Waals surface area contributed by atoms with E-state index < -0.39 is 0 Å². The lowest BCUT2D eigenvalue weighted by Gasteiger charge is -2.36. The SMILES string of the molecule is CCCCCCCC(=O)Nc1ccc(N2CCN(C(=O)c3ccccc3)CC2)cc1. The number of piperazine rings is 1. The molecule has 2 aromatic carbocycles. The highest BCUT2D eigenvalue weighted by Gasteiger charge is 2.22. The van der Waals surface area contributed by atoms with E-state index in [9.17, 15) is 9.59 Å². The Morgan fingerprint density at radius 3 is 2.17 bits per heavy atom. The van der Waals surface area contributed by atoms with Crippen LogP contribution in [0.3, 0.4) is 0 Å². The maximum absolute atomic E-state index is 12.6. The third-order valence-corrected chi connectivity index (χ3v) is 5.61. The molecule has 1 fully saturated rings. The number of nitrogens with zero attached hydrogens (tertiary/aromatic N) is 2. The average Bonchev–Trinajstić information content (AvgIpc) is 2.80. The molecule has 1 aliphatic rings. The maximum Gasteiger partial charge on any atom is 0.253 e. The number of nitrogens with one attached hydrogen (secondary N) is 1. The second kappa shape index (κ2) is 11.4. The van der Waals surface area contributed by atoms with Crippen LogP contribution in [-0.2, 0) is 4.79 Å². The molecule has 160 valence electrons. The van der Waals surface area contributed by atoms with Crippen molar-refractivity contribution in [1.82, 2.24) is 4.90 Å². The topological polar surface area (TPSA) is 52.7 Å². The zero-order valence-corrected chi connectivity index (χ0v) is 18.0. The summed E-state index contributed by atoms with van der Waals surface area (Å²) < 4.78 is 0. The minimum absolute atomic E-state index is 0.0901. The molecule has 1 saturated heterocycles. The van der Waals surface area contributed by atoms with E-state index in [1.807, 2.05) is 59.5 Å². The standard InChI is InChI=1S/C25H33N3O2/c1-2-3-4-5-9-12-24(29)26-22-13-15-23(16-14-22)27-17-19-28(20-18-27)25(30)21-10-7-6-8-11-21/h6-8,10-11,13-16H,2-5,9,12,17-20H2,1H3,(H,26,29). The number of unbranched alkanes of at least 4 members (excludes halogenated alkanes) is 4. The fourth-order valence-electron chi connectivity index (χ4n) is 3.80. The summed E-state index contributed by atoms with van der Waals surface area (Å²) in [4.78, 5) is 28.9. The van der Waals surface area contributed by atoms with Gasteiger partial charge in [0.1, 0.15) is 0 Å². The molecule has 0 bridgehead atoms. The van der Waals surface area contributed by atoms with Crippen LogP contribution in [0.25, 0.3) is 0 Å². The van der Waals surface area contributed by atoms with Crippen molar-refractivity contribution in [2.24, 2.45) is 0 Å². The van der Waals surface area contributed by atoms with Crippen LogP contribution in [0, 0.1) is 0 Å². The molecule has 2 aromatic rings. The van der Waals surface area contributed by atoms with Crippen LogP contribution in [-0.4, -0.2) is 42.9 Å². The highest BCUT2D eigenvalue weighted by Crippen LogP contribution is 2.20. The summed E-state index contributed by atoms with van der Waals surface area (Å²) >= 11 is 0. The second-order valence-electron chi connectivity index (χ2n) is 7.90. The fourth-order valence-corrected chi connectivity index (χ4v) is 3.80. The molecule has 1 heterocycles. The number of carbonyl (C=O) groups excluding carboxylic acids is 2. The predicted octanol–water partition coefficient (Wildman–Crippen LogP) is 4.95. The largest absolute Gasteiger partial charge is 0.368 e. The van der Waals surface area contributed by atoms with Gasteiger partial charge in [-0.05, 0) is 42.8 Å². The number of benzene rings is 2. The Labute approximate surface area is 180 Å². The van der Waals surface area contributed by atoms with Crippen LogP contribution in [0.4, 0.5) is 11.4 Å². The fraction of sp³-hybridized carbons (Fsp3) is 0.440. The summed E-state index contributed by atoms with van der Waals surface area (Å²) in [6, 6.07) is 17.5. The molecule has 0 saturated carbocycles. The van der Waals surface area contributed by atoms with E-state index in [4.69, 9.17) is 0 Å². The summed E-state index contributed by atoms with van der Waals surface area (Å²) in [6.45, 7) is 5.24. The molecule has 0 aromatic heterocycles. The number of hydrogen-bond donors (Lipinski definition) is 1. The highest BCUT2D eigenvalue weighted by molar-refractivity contribution is 5.94. The van der Waals surface area contributed by atoms with Gasteiger partial charge in [-0.15, -0.1) is 0 Å². The summed E-state index contributed by atoms with van der Waals surface area (Å²) in [7, 11) is 0. The lowest BCUT2D eigenvalue weighted by atomic mass is 10.1. The van der Waals surface area contributed by atoms with Gasteiger partial charge in [0.2, 0.25) is 5.91 Å². The van der Waals surface area contributed by atoms with Gasteiger partial charge in [0.15, 0.2) is 0 Å². The van der Waals surface area contributed by atoms with Gasteiger partial charge in [-0.3, -0.25) is 9.59 Å². The Bertz CT molecular complexity index is 797. The minimum atomic E-state index is 0.0901. The summed E-state index contributed by atoms with van der Waals surface area (Å²) in [6.07, 6.45) is 6.34. The molecule has 5 heteroatoms. The Balaban J connectivity index is 1.43. The van der Waals surface area contributed by atoms with Crippen LogP contribution < -0.4 is 10.2 Å². The molecule has 30 heavy (non-hydrogen) atoms. The Morgan fingerprint density at radius 1 is 0.833 bits per heavy atom. The molecule has 0 unspecified atom stereocenters. The summed E-state index contributed by atoms with van der Waals surface area (Å²) in [5.41, 5.74) is 2.71. The van der Waals surface area contributed by atoms with Crippen LogP contribution in [0.1, 0.15) is 55.8 Å². The van der Waals surface area contributed by atoms with E-state index >= 15 is 0 Å². The maximum atomic E-state index is 12.6. The van der Waals surface area contributed by atoms with Crippen molar-refractivity contribution < 1.29 is 9.59 Å². The van der Waals surface area contributed by atoms with Crippen LogP contribution in [0.15, 0.2) is 54.6 Å². The first-order valence-electron chi connectivity index (χ1n) is 11.2. The van der Waals surface area contributed by atoms with Crippen molar-refractivity contribution in [3.05, 3.63) is 60.2 Å². The zero-order valence-electron chi connectivity index (χ0n) is 18.0. The van der Waals surface area contributed by atoms with Crippen LogP contribution in [0.2, 0.25) is 0 Å². The molecule has 5 nitrogen and oxygen atoms in total. The molecule has 1 N–H and O–H groups in total. The van der Waals surface area contributed by atoms with Crippen molar-refractivity contribution in [1.29, 1.82) is 0 Å². The first kappa shape index (κ1) is 21.9. The van der Waals surface area contributed by atoms with Gasteiger partial charge in [0.05, 0.1) is 0 Å². The van der Waals surface area contributed by atoms with Gasteiger partial charge in [-0.25, -0.2) is 0 Å². The third-order valence-electron chi connectivity index (χ3n) is 5.61. The summed E-state index contributed by atoms with van der Waals surface area (Å²) in [5.74, 6) is 0.190.